The number of pyridine rings is 1. The molecule has 3 aromatic rings. The number of anilines is 1. The number of hydrogen-bond acceptors (Lipinski definition) is 6. The lowest BCUT2D eigenvalue weighted by Crippen LogP contribution is -2.48. The predicted molar refractivity (Wildman–Crippen MR) is 93.6 cm³/mol. The third-order valence-corrected chi connectivity index (χ3v) is 5.25. The summed E-state index contributed by atoms with van der Waals surface area (Å²) in [4.78, 5) is 26.5. The van der Waals surface area contributed by atoms with Crippen molar-refractivity contribution in [1.29, 1.82) is 0 Å². The molecule has 24 heavy (non-hydrogen) atoms. The largest absolute Gasteiger partial charge is 0.456 e. The van der Waals surface area contributed by atoms with E-state index in [1.165, 1.54) is 0 Å². The maximum absolute atomic E-state index is 12.5. The Bertz CT molecular complexity index is 831. The van der Waals surface area contributed by atoms with Crippen molar-refractivity contribution in [2.75, 3.05) is 31.1 Å². The van der Waals surface area contributed by atoms with Crippen LogP contribution in [0.3, 0.4) is 0 Å². The molecule has 1 saturated heterocycles. The Hall–Kier alpha value is -2.41. The third-order valence-electron chi connectivity index (χ3n) is 4.21. The molecule has 0 bridgehead atoms. The van der Waals surface area contributed by atoms with E-state index < -0.39 is 0 Å². The second-order valence-electron chi connectivity index (χ2n) is 5.72. The van der Waals surface area contributed by atoms with E-state index in [-0.39, 0.29) is 5.91 Å². The van der Waals surface area contributed by atoms with Crippen molar-refractivity contribution in [3.8, 4) is 0 Å². The summed E-state index contributed by atoms with van der Waals surface area (Å²) in [6.45, 7) is 4.90. The SMILES string of the molecule is CCc1ccc(C(=O)N2CCN(c3nc4cccnc4s3)CC2)o1. The smallest absolute Gasteiger partial charge is 0.289 e. The van der Waals surface area contributed by atoms with Crippen molar-refractivity contribution >= 4 is 32.7 Å². The van der Waals surface area contributed by atoms with E-state index in [1.807, 2.05) is 30.0 Å². The second kappa shape index (κ2) is 6.24. The molecule has 4 rings (SSSR count). The van der Waals surface area contributed by atoms with Crippen LogP contribution in [0.15, 0.2) is 34.9 Å². The average molecular weight is 342 g/mol. The van der Waals surface area contributed by atoms with E-state index in [0.717, 1.165) is 40.7 Å². The first-order valence-corrected chi connectivity index (χ1v) is 8.90. The predicted octanol–water partition coefficient (Wildman–Crippen LogP) is 2.81. The standard InChI is InChI=1S/C17H18N4O2S/c1-2-12-5-6-14(23-12)16(22)20-8-10-21(11-9-20)17-19-13-4-3-7-18-15(13)24-17/h3-7H,2,8-11H2,1H3. The molecule has 0 aromatic carbocycles. The van der Waals surface area contributed by atoms with Crippen molar-refractivity contribution in [3.63, 3.8) is 0 Å². The fourth-order valence-corrected chi connectivity index (χ4v) is 3.79. The summed E-state index contributed by atoms with van der Waals surface area (Å²) >= 11 is 1.60. The Morgan fingerprint density at radius 2 is 2.08 bits per heavy atom. The van der Waals surface area contributed by atoms with Crippen molar-refractivity contribution in [2.45, 2.75) is 13.3 Å². The third kappa shape index (κ3) is 2.75. The van der Waals surface area contributed by atoms with Crippen molar-refractivity contribution < 1.29 is 9.21 Å². The summed E-state index contributed by atoms with van der Waals surface area (Å²) in [6, 6.07) is 7.52. The molecule has 0 atom stereocenters. The first-order chi connectivity index (χ1) is 11.7. The highest BCUT2D eigenvalue weighted by molar-refractivity contribution is 7.21. The van der Waals surface area contributed by atoms with Crippen LogP contribution in [0.2, 0.25) is 0 Å². The molecule has 1 fully saturated rings. The number of amides is 1. The minimum atomic E-state index is -0.0275. The van der Waals surface area contributed by atoms with Crippen LogP contribution in [0.4, 0.5) is 5.13 Å². The minimum absolute atomic E-state index is 0.0275. The molecule has 0 unspecified atom stereocenters. The molecule has 7 heteroatoms. The Kier molecular flexibility index (Phi) is 3.93. The van der Waals surface area contributed by atoms with E-state index in [9.17, 15) is 4.79 Å². The van der Waals surface area contributed by atoms with Gasteiger partial charge in [-0.1, -0.05) is 18.3 Å². The number of aromatic nitrogens is 2. The Balaban J connectivity index is 1.43. The molecular formula is C17H18N4O2S. The Labute approximate surface area is 143 Å². The van der Waals surface area contributed by atoms with Crippen molar-refractivity contribution in [2.24, 2.45) is 0 Å². The summed E-state index contributed by atoms with van der Waals surface area (Å²) in [5.41, 5.74) is 0.929. The number of aryl methyl sites for hydroxylation is 1. The zero-order valence-corrected chi connectivity index (χ0v) is 14.3. The Morgan fingerprint density at radius 1 is 1.25 bits per heavy atom. The van der Waals surface area contributed by atoms with Gasteiger partial charge in [0.05, 0.1) is 0 Å². The zero-order chi connectivity index (χ0) is 16.5. The van der Waals surface area contributed by atoms with E-state index in [1.54, 1.807) is 23.6 Å². The number of rotatable bonds is 3. The summed E-state index contributed by atoms with van der Waals surface area (Å²) in [5, 5.41) is 0.974. The first-order valence-electron chi connectivity index (χ1n) is 8.09. The molecule has 3 aromatic heterocycles. The quantitative estimate of drug-likeness (QED) is 0.732. The number of piperazine rings is 1. The summed E-state index contributed by atoms with van der Waals surface area (Å²) in [6.07, 6.45) is 2.58. The van der Waals surface area contributed by atoms with Crippen LogP contribution >= 0.6 is 11.3 Å². The van der Waals surface area contributed by atoms with Gasteiger partial charge in [-0.15, -0.1) is 0 Å². The van der Waals surface area contributed by atoms with Gasteiger partial charge < -0.3 is 14.2 Å². The number of carbonyl (C=O) groups is 1. The maximum atomic E-state index is 12.5. The van der Waals surface area contributed by atoms with E-state index in [0.29, 0.717) is 18.8 Å². The zero-order valence-electron chi connectivity index (χ0n) is 13.4. The maximum Gasteiger partial charge on any atom is 0.289 e. The van der Waals surface area contributed by atoms with Gasteiger partial charge in [0.2, 0.25) is 0 Å². The molecule has 124 valence electrons. The normalized spacial score (nSPS) is 15.2. The van der Waals surface area contributed by atoms with Crippen molar-refractivity contribution in [1.82, 2.24) is 14.9 Å². The fraction of sp³-hybridized carbons (Fsp3) is 0.353. The number of furan rings is 1. The lowest BCUT2D eigenvalue weighted by atomic mass is 10.3. The van der Waals surface area contributed by atoms with Gasteiger partial charge in [-0.3, -0.25) is 4.79 Å². The summed E-state index contributed by atoms with van der Waals surface area (Å²) in [5.74, 6) is 1.25. The molecule has 0 radical (unpaired) electrons. The summed E-state index contributed by atoms with van der Waals surface area (Å²) < 4.78 is 5.58. The number of fused-ring (bicyclic) bond motifs is 1. The van der Waals surface area contributed by atoms with Crippen LogP contribution in [-0.4, -0.2) is 47.0 Å². The molecule has 0 saturated carbocycles. The van der Waals surface area contributed by atoms with Crippen LogP contribution in [0.25, 0.3) is 10.3 Å². The van der Waals surface area contributed by atoms with Crippen LogP contribution in [0, 0.1) is 0 Å². The molecule has 0 spiro atoms. The molecule has 0 N–H and O–H groups in total. The van der Waals surface area contributed by atoms with Crippen LogP contribution in [0.1, 0.15) is 23.2 Å². The fourth-order valence-electron chi connectivity index (χ4n) is 2.83. The molecule has 6 nitrogen and oxygen atoms in total. The van der Waals surface area contributed by atoms with E-state index in [2.05, 4.69) is 14.9 Å². The molecule has 1 aliphatic rings. The highest BCUT2D eigenvalue weighted by atomic mass is 32.1. The van der Waals surface area contributed by atoms with Crippen LogP contribution in [0.5, 0.6) is 0 Å². The van der Waals surface area contributed by atoms with Crippen LogP contribution < -0.4 is 4.90 Å². The van der Waals surface area contributed by atoms with E-state index in [4.69, 9.17) is 4.42 Å². The lowest BCUT2D eigenvalue weighted by molar-refractivity contribution is 0.0713. The molecule has 1 aliphatic heterocycles. The summed E-state index contributed by atoms with van der Waals surface area (Å²) in [7, 11) is 0. The Morgan fingerprint density at radius 3 is 2.79 bits per heavy atom. The molecule has 1 amide bonds. The molecule has 4 heterocycles. The van der Waals surface area contributed by atoms with Gasteiger partial charge in [0.25, 0.3) is 5.91 Å². The average Bonchev–Trinajstić information content (AvgIpc) is 3.28. The van der Waals surface area contributed by atoms with Gasteiger partial charge in [0.1, 0.15) is 16.1 Å². The number of nitrogens with zero attached hydrogens (tertiary/aromatic N) is 4. The molecule has 0 aliphatic carbocycles. The van der Waals surface area contributed by atoms with E-state index >= 15 is 0 Å². The van der Waals surface area contributed by atoms with Gasteiger partial charge in [0, 0.05) is 38.8 Å². The van der Waals surface area contributed by atoms with Gasteiger partial charge in [-0.25, -0.2) is 9.97 Å². The highest BCUT2D eigenvalue weighted by Crippen LogP contribution is 2.27. The highest BCUT2D eigenvalue weighted by Gasteiger charge is 2.25. The van der Waals surface area contributed by atoms with Crippen LogP contribution in [-0.2, 0) is 6.42 Å². The monoisotopic (exact) mass is 342 g/mol. The van der Waals surface area contributed by atoms with Gasteiger partial charge in [0.15, 0.2) is 10.9 Å². The van der Waals surface area contributed by atoms with Crippen molar-refractivity contribution in [3.05, 3.63) is 42.0 Å². The van der Waals surface area contributed by atoms with Gasteiger partial charge >= 0.3 is 0 Å². The number of hydrogen-bond donors (Lipinski definition) is 0. The number of carbonyl (C=O) groups excluding carboxylic acids is 1. The number of thiazole rings is 1. The van der Waals surface area contributed by atoms with Gasteiger partial charge in [-0.2, -0.15) is 0 Å². The first kappa shape index (κ1) is 15.1. The topological polar surface area (TPSA) is 62.5 Å². The van der Waals surface area contributed by atoms with Gasteiger partial charge in [-0.05, 0) is 24.3 Å². The lowest BCUT2D eigenvalue weighted by Gasteiger charge is -2.34. The minimum Gasteiger partial charge on any atom is -0.456 e. The second-order valence-corrected chi connectivity index (χ2v) is 6.68. The molecular weight excluding hydrogens is 324 g/mol.